The van der Waals surface area contributed by atoms with E-state index in [4.69, 9.17) is 15.0 Å². The highest BCUT2D eigenvalue weighted by atomic mass is 15.0. The van der Waals surface area contributed by atoms with Crippen LogP contribution >= 0.6 is 0 Å². The van der Waals surface area contributed by atoms with E-state index in [1.165, 1.54) is 27.8 Å². The van der Waals surface area contributed by atoms with Gasteiger partial charge in [0.2, 0.25) is 0 Å². The number of benzene rings is 8. The molecule has 0 aliphatic heterocycles. The minimum absolute atomic E-state index is 0.539. The van der Waals surface area contributed by atoms with Gasteiger partial charge in [0.25, 0.3) is 0 Å². The Kier molecular flexibility index (Phi) is 8.04. The molecular formula is C52H35N3. The zero-order valence-electron chi connectivity index (χ0n) is 30.0. The number of nitrogens with zero attached hydrogens (tertiary/aromatic N) is 3. The minimum atomic E-state index is -0.539. The van der Waals surface area contributed by atoms with E-state index in [1.54, 1.807) is 0 Å². The average Bonchev–Trinajstić information content (AvgIpc) is 3.59. The quantitative estimate of drug-likeness (QED) is 0.166. The van der Waals surface area contributed by atoms with Gasteiger partial charge in [-0.25, -0.2) is 15.0 Å². The normalized spacial score (nSPS) is 12.5. The summed E-state index contributed by atoms with van der Waals surface area (Å²) in [5.74, 6) is 1.89. The van der Waals surface area contributed by atoms with Gasteiger partial charge in [-0.15, -0.1) is 0 Å². The van der Waals surface area contributed by atoms with Gasteiger partial charge in [0.05, 0.1) is 5.41 Å². The standard InChI is InChI=1S/C52H35N3/c1-5-20-36(21-6-1)40-28-13-15-30-42(40)49-53-50(43-31-16-14-29-41(43)37-22-7-2-8-23-37)55-51(54-49)45-33-19-35-47-48(45)44-32-17-18-34-46(44)52(47,38-24-9-3-10-25-38)39-26-11-4-12-27-39/h1-35H. The second kappa shape index (κ2) is 13.6. The molecule has 3 nitrogen and oxygen atoms in total. The molecule has 258 valence electrons. The maximum Gasteiger partial charge on any atom is 0.164 e. The largest absolute Gasteiger partial charge is 0.208 e. The number of hydrogen-bond donors (Lipinski definition) is 0. The van der Waals surface area contributed by atoms with E-state index in [2.05, 4.69) is 200 Å². The lowest BCUT2D eigenvalue weighted by molar-refractivity contribution is 0.768. The number of aromatic nitrogens is 3. The molecule has 0 bridgehead atoms. The molecule has 0 atom stereocenters. The van der Waals surface area contributed by atoms with Crippen LogP contribution in [0.2, 0.25) is 0 Å². The highest BCUT2D eigenvalue weighted by molar-refractivity contribution is 5.95. The van der Waals surface area contributed by atoms with Gasteiger partial charge >= 0.3 is 0 Å². The van der Waals surface area contributed by atoms with Gasteiger partial charge in [-0.1, -0.05) is 212 Å². The molecule has 1 aliphatic rings. The van der Waals surface area contributed by atoms with Crippen molar-refractivity contribution in [3.63, 3.8) is 0 Å². The maximum absolute atomic E-state index is 5.41. The van der Waals surface area contributed by atoms with Crippen LogP contribution in [0.1, 0.15) is 22.3 Å². The molecule has 9 aromatic rings. The van der Waals surface area contributed by atoms with Crippen LogP contribution in [0.3, 0.4) is 0 Å². The predicted octanol–water partition coefficient (Wildman–Crippen LogP) is 12.6. The zero-order chi connectivity index (χ0) is 36.6. The second-order valence-corrected chi connectivity index (χ2v) is 13.9. The molecule has 0 unspecified atom stereocenters. The molecule has 0 fully saturated rings. The smallest absolute Gasteiger partial charge is 0.164 e. The fourth-order valence-corrected chi connectivity index (χ4v) is 8.51. The summed E-state index contributed by atoms with van der Waals surface area (Å²) in [6.07, 6.45) is 0. The zero-order valence-corrected chi connectivity index (χ0v) is 30.0. The fraction of sp³-hybridized carbons (Fsp3) is 0.0192. The molecule has 8 aromatic carbocycles. The Morgan fingerprint density at radius 1 is 0.255 bits per heavy atom. The van der Waals surface area contributed by atoms with Gasteiger partial charge in [0.1, 0.15) is 0 Å². The fourth-order valence-electron chi connectivity index (χ4n) is 8.51. The van der Waals surface area contributed by atoms with Crippen LogP contribution in [-0.2, 0) is 5.41 Å². The van der Waals surface area contributed by atoms with Crippen LogP contribution in [0.25, 0.3) is 67.5 Å². The second-order valence-electron chi connectivity index (χ2n) is 13.9. The third-order valence-corrected chi connectivity index (χ3v) is 10.9. The number of hydrogen-bond acceptors (Lipinski definition) is 3. The molecule has 1 heterocycles. The Bertz CT molecular complexity index is 2660. The summed E-state index contributed by atoms with van der Waals surface area (Å²) in [7, 11) is 0. The van der Waals surface area contributed by atoms with Crippen molar-refractivity contribution in [2.45, 2.75) is 5.41 Å². The van der Waals surface area contributed by atoms with E-state index in [9.17, 15) is 0 Å². The summed E-state index contributed by atoms with van der Waals surface area (Å²) in [6, 6.07) is 75.0. The Labute approximate surface area is 321 Å². The maximum atomic E-state index is 5.41. The van der Waals surface area contributed by atoms with E-state index in [0.717, 1.165) is 44.5 Å². The summed E-state index contributed by atoms with van der Waals surface area (Å²) in [4.78, 5) is 16.1. The van der Waals surface area contributed by atoms with Gasteiger partial charge in [-0.05, 0) is 55.6 Å². The van der Waals surface area contributed by atoms with Crippen molar-refractivity contribution < 1.29 is 0 Å². The van der Waals surface area contributed by atoms with Gasteiger partial charge in [-0.2, -0.15) is 0 Å². The topological polar surface area (TPSA) is 38.7 Å². The van der Waals surface area contributed by atoms with Crippen LogP contribution in [0.4, 0.5) is 0 Å². The van der Waals surface area contributed by atoms with Crippen LogP contribution < -0.4 is 0 Å². The van der Waals surface area contributed by atoms with E-state index in [-0.39, 0.29) is 0 Å². The summed E-state index contributed by atoms with van der Waals surface area (Å²) in [5.41, 5.74) is 13.9. The van der Waals surface area contributed by atoms with Crippen molar-refractivity contribution in [2.24, 2.45) is 0 Å². The Morgan fingerprint density at radius 3 is 1.09 bits per heavy atom. The predicted molar refractivity (Wildman–Crippen MR) is 224 cm³/mol. The molecule has 10 rings (SSSR count). The van der Waals surface area contributed by atoms with Crippen LogP contribution in [-0.4, -0.2) is 15.0 Å². The lowest BCUT2D eigenvalue weighted by Gasteiger charge is -2.33. The highest BCUT2D eigenvalue weighted by Gasteiger charge is 2.47. The first-order valence-corrected chi connectivity index (χ1v) is 18.7. The van der Waals surface area contributed by atoms with E-state index in [0.29, 0.717) is 17.5 Å². The van der Waals surface area contributed by atoms with Crippen molar-refractivity contribution in [3.05, 3.63) is 235 Å². The molecule has 3 heteroatoms. The molecule has 1 aliphatic carbocycles. The Balaban J connectivity index is 1.28. The lowest BCUT2D eigenvalue weighted by atomic mass is 9.67. The van der Waals surface area contributed by atoms with Gasteiger partial charge < -0.3 is 0 Å². The van der Waals surface area contributed by atoms with Crippen molar-refractivity contribution in [1.29, 1.82) is 0 Å². The number of fused-ring (bicyclic) bond motifs is 3. The van der Waals surface area contributed by atoms with E-state index >= 15 is 0 Å². The third kappa shape index (κ3) is 5.40. The third-order valence-electron chi connectivity index (χ3n) is 10.9. The van der Waals surface area contributed by atoms with E-state index < -0.39 is 5.41 Å². The Hall–Kier alpha value is -7.23. The highest BCUT2D eigenvalue weighted by Crippen LogP contribution is 2.58. The molecule has 55 heavy (non-hydrogen) atoms. The van der Waals surface area contributed by atoms with Crippen LogP contribution in [0.5, 0.6) is 0 Å². The average molecular weight is 702 g/mol. The SMILES string of the molecule is c1ccc(-c2ccccc2-c2nc(-c3ccccc3-c3ccccc3)nc(-c3cccc4c3-c3ccccc3C4(c3ccccc3)c3ccccc3)n2)cc1. The summed E-state index contributed by atoms with van der Waals surface area (Å²) in [6.45, 7) is 0. The van der Waals surface area contributed by atoms with Crippen molar-refractivity contribution >= 4 is 0 Å². The van der Waals surface area contributed by atoms with E-state index in [1.807, 2.05) is 12.1 Å². The Morgan fingerprint density at radius 2 is 0.600 bits per heavy atom. The lowest BCUT2D eigenvalue weighted by Crippen LogP contribution is -2.28. The summed E-state index contributed by atoms with van der Waals surface area (Å²) in [5, 5.41) is 0. The van der Waals surface area contributed by atoms with Crippen LogP contribution in [0.15, 0.2) is 212 Å². The van der Waals surface area contributed by atoms with Gasteiger partial charge in [0, 0.05) is 16.7 Å². The molecule has 1 aromatic heterocycles. The summed E-state index contributed by atoms with van der Waals surface area (Å²) < 4.78 is 0. The first-order valence-electron chi connectivity index (χ1n) is 18.7. The summed E-state index contributed by atoms with van der Waals surface area (Å²) >= 11 is 0. The first-order chi connectivity index (χ1) is 27.3. The van der Waals surface area contributed by atoms with Crippen molar-refractivity contribution in [2.75, 3.05) is 0 Å². The molecule has 0 radical (unpaired) electrons. The minimum Gasteiger partial charge on any atom is -0.208 e. The van der Waals surface area contributed by atoms with Crippen molar-refractivity contribution in [3.8, 4) is 67.5 Å². The first kappa shape index (κ1) is 32.4. The van der Waals surface area contributed by atoms with Gasteiger partial charge in [-0.3, -0.25) is 0 Å². The molecule has 0 spiro atoms. The van der Waals surface area contributed by atoms with Gasteiger partial charge in [0.15, 0.2) is 17.5 Å². The molecule has 0 saturated heterocycles. The molecule has 0 amide bonds. The molecular weight excluding hydrogens is 667 g/mol. The van der Waals surface area contributed by atoms with Crippen molar-refractivity contribution in [1.82, 2.24) is 15.0 Å². The monoisotopic (exact) mass is 701 g/mol. The molecule has 0 saturated carbocycles. The number of rotatable bonds is 7. The molecule has 0 N–H and O–H groups in total. The van der Waals surface area contributed by atoms with Crippen LogP contribution in [0, 0.1) is 0 Å².